The zero-order valence-electron chi connectivity index (χ0n) is 20.9. The maximum absolute atomic E-state index is 13.8. The van der Waals surface area contributed by atoms with Crippen LogP contribution in [0.5, 0.6) is 0 Å². The highest BCUT2D eigenvalue weighted by Gasteiger charge is 2.36. The predicted octanol–water partition coefficient (Wildman–Crippen LogP) is 2.92. The zero-order valence-corrected chi connectivity index (χ0v) is 21.7. The Morgan fingerprint density at radius 1 is 1.20 bits per heavy atom. The molecular formula is C25H35BClN5O3. The third kappa shape index (κ3) is 5.48. The summed E-state index contributed by atoms with van der Waals surface area (Å²) in [6, 6.07) is 7.51. The van der Waals surface area contributed by atoms with E-state index in [1.807, 2.05) is 47.8 Å². The van der Waals surface area contributed by atoms with Crippen LogP contribution in [-0.2, 0) is 4.79 Å². The number of benzene rings is 1. The Bertz CT molecular complexity index is 1020. The number of hydrogen-bond acceptors (Lipinski definition) is 7. The molecule has 188 valence electrons. The van der Waals surface area contributed by atoms with Gasteiger partial charge in [-0.1, -0.05) is 44.5 Å². The highest BCUT2D eigenvalue weighted by atomic mass is 35.5. The fourth-order valence-electron chi connectivity index (χ4n) is 5.34. The van der Waals surface area contributed by atoms with Crippen molar-refractivity contribution in [1.29, 1.82) is 0 Å². The Labute approximate surface area is 213 Å². The van der Waals surface area contributed by atoms with E-state index >= 15 is 0 Å². The fourth-order valence-corrected chi connectivity index (χ4v) is 5.47. The molecule has 1 aromatic heterocycles. The second-order valence-electron chi connectivity index (χ2n) is 9.99. The van der Waals surface area contributed by atoms with Gasteiger partial charge >= 0.3 is 7.05 Å². The highest BCUT2D eigenvalue weighted by Crippen LogP contribution is 2.42. The molecule has 2 aliphatic rings. The quantitative estimate of drug-likeness (QED) is 0.566. The number of carbonyl (C=O) groups excluding carboxylic acids is 1. The van der Waals surface area contributed by atoms with E-state index in [1.54, 1.807) is 6.82 Å². The van der Waals surface area contributed by atoms with Gasteiger partial charge in [-0.05, 0) is 42.9 Å². The molecule has 0 radical (unpaired) electrons. The molecule has 4 rings (SSSR count). The number of piperazine rings is 1. The molecule has 1 saturated heterocycles. The number of rotatable bonds is 7. The topological polar surface area (TPSA) is 93.0 Å². The zero-order chi connectivity index (χ0) is 25.3. The number of hydrogen-bond donors (Lipinski definition) is 2. The molecule has 10 heteroatoms. The van der Waals surface area contributed by atoms with E-state index in [-0.39, 0.29) is 17.9 Å². The minimum Gasteiger partial charge on any atom is -0.437 e. The lowest BCUT2D eigenvalue weighted by Gasteiger charge is -2.39. The molecule has 2 heterocycles. The molecule has 0 bridgehead atoms. The number of halogens is 1. The number of aromatic nitrogens is 2. The van der Waals surface area contributed by atoms with E-state index in [0.29, 0.717) is 44.2 Å². The standard InChI is InChI=1S/C25H35BClN5O3/c1-16(2)32(26(4)35)14-20(18-5-7-19(27)8-6-18)25(34)31-11-9-30(10-12-31)24-22-17(3)13-21(33)23(22)28-15-29-24/h5-8,15-17,20-21,33,35H,9-14H2,1-4H3/t17-,20-,21-/m1/s1. The van der Waals surface area contributed by atoms with Gasteiger partial charge in [-0.25, -0.2) is 9.97 Å². The van der Waals surface area contributed by atoms with Crippen molar-refractivity contribution in [3.8, 4) is 0 Å². The van der Waals surface area contributed by atoms with E-state index in [0.717, 1.165) is 22.6 Å². The molecule has 0 saturated carbocycles. The Morgan fingerprint density at radius 3 is 2.46 bits per heavy atom. The van der Waals surface area contributed by atoms with Gasteiger partial charge in [0, 0.05) is 43.3 Å². The van der Waals surface area contributed by atoms with Crippen LogP contribution in [-0.4, -0.2) is 81.5 Å². The van der Waals surface area contributed by atoms with Crippen molar-refractivity contribution in [1.82, 2.24) is 19.7 Å². The molecule has 1 aromatic carbocycles. The van der Waals surface area contributed by atoms with Crippen molar-refractivity contribution in [3.05, 3.63) is 52.4 Å². The summed E-state index contributed by atoms with van der Waals surface area (Å²) >= 11 is 6.11. The molecule has 2 aromatic rings. The second-order valence-corrected chi connectivity index (χ2v) is 10.4. The van der Waals surface area contributed by atoms with Gasteiger partial charge in [-0.2, -0.15) is 0 Å². The molecule has 2 N–H and O–H groups in total. The van der Waals surface area contributed by atoms with Gasteiger partial charge in [0.15, 0.2) is 0 Å². The van der Waals surface area contributed by atoms with Gasteiger partial charge in [0.1, 0.15) is 12.1 Å². The molecule has 35 heavy (non-hydrogen) atoms. The van der Waals surface area contributed by atoms with Crippen LogP contribution >= 0.6 is 11.6 Å². The van der Waals surface area contributed by atoms with Gasteiger partial charge in [-0.15, -0.1) is 0 Å². The first kappa shape index (κ1) is 25.9. The SMILES string of the molecule is CB(O)N(C[C@@H](C(=O)N1CCN(c2ncnc3c2[C@H](C)C[C@H]3O)CC1)c1ccc(Cl)cc1)C(C)C. The van der Waals surface area contributed by atoms with E-state index in [9.17, 15) is 14.9 Å². The number of aliphatic hydroxyl groups is 1. The van der Waals surface area contributed by atoms with Gasteiger partial charge in [0.2, 0.25) is 5.91 Å². The summed E-state index contributed by atoms with van der Waals surface area (Å²) in [7, 11) is -0.661. The molecule has 1 amide bonds. The molecule has 1 aliphatic heterocycles. The predicted molar refractivity (Wildman–Crippen MR) is 139 cm³/mol. The summed E-state index contributed by atoms with van der Waals surface area (Å²) in [4.78, 5) is 28.7. The first-order chi connectivity index (χ1) is 16.7. The van der Waals surface area contributed by atoms with Gasteiger partial charge in [0.05, 0.1) is 17.7 Å². The number of aliphatic hydroxyl groups excluding tert-OH is 1. The molecular weight excluding hydrogens is 465 g/mol. The van der Waals surface area contributed by atoms with Crippen LogP contribution in [0.25, 0.3) is 0 Å². The number of anilines is 1. The van der Waals surface area contributed by atoms with Crippen LogP contribution in [0.15, 0.2) is 30.6 Å². The Morgan fingerprint density at radius 2 is 1.86 bits per heavy atom. The summed E-state index contributed by atoms with van der Waals surface area (Å²) in [5.41, 5.74) is 2.66. The van der Waals surface area contributed by atoms with Crippen LogP contribution in [0.4, 0.5) is 5.82 Å². The third-order valence-corrected chi connectivity index (χ3v) is 7.53. The highest BCUT2D eigenvalue weighted by molar-refractivity contribution is 6.45. The molecule has 0 unspecified atom stereocenters. The third-order valence-electron chi connectivity index (χ3n) is 7.28. The number of carbonyl (C=O) groups is 1. The first-order valence-corrected chi connectivity index (χ1v) is 12.8. The minimum absolute atomic E-state index is 0.0509. The average molecular weight is 500 g/mol. The van der Waals surface area contributed by atoms with E-state index < -0.39 is 19.1 Å². The van der Waals surface area contributed by atoms with Crippen LogP contribution in [0.2, 0.25) is 11.8 Å². The van der Waals surface area contributed by atoms with Crippen LogP contribution in [0.1, 0.15) is 62.0 Å². The molecule has 0 spiro atoms. The summed E-state index contributed by atoms with van der Waals surface area (Å²) in [6.45, 7) is 10.8. The molecule has 8 nitrogen and oxygen atoms in total. The first-order valence-electron chi connectivity index (χ1n) is 12.4. The molecule has 1 aliphatic carbocycles. The summed E-state index contributed by atoms with van der Waals surface area (Å²) < 4.78 is 0. The summed E-state index contributed by atoms with van der Waals surface area (Å²) in [6.07, 6.45) is 1.65. The second kappa shape index (κ2) is 10.8. The Hall–Kier alpha value is -2.20. The van der Waals surface area contributed by atoms with Crippen molar-refractivity contribution in [3.63, 3.8) is 0 Å². The normalized spacial score (nSPS) is 20.9. The number of amides is 1. The maximum atomic E-state index is 13.8. The van der Waals surface area contributed by atoms with Crippen molar-refractivity contribution in [2.24, 2.45) is 0 Å². The van der Waals surface area contributed by atoms with Crippen molar-refractivity contribution in [2.45, 2.75) is 58.0 Å². The van der Waals surface area contributed by atoms with E-state index in [1.165, 1.54) is 6.33 Å². The summed E-state index contributed by atoms with van der Waals surface area (Å²) in [5, 5.41) is 21.3. The Kier molecular flexibility index (Phi) is 8.00. The van der Waals surface area contributed by atoms with E-state index in [4.69, 9.17) is 11.6 Å². The summed E-state index contributed by atoms with van der Waals surface area (Å²) in [5.74, 6) is 0.720. The van der Waals surface area contributed by atoms with E-state index in [2.05, 4.69) is 21.8 Å². The largest absolute Gasteiger partial charge is 0.437 e. The lowest BCUT2D eigenvalue weighted by atomic mass is 9.81. The minimum atomic E-state index is -0.661. The van der Waals surface area contributed by atoms with Gasteiger partial charge < -0.3 is 24.7 Å². The van der Waals surface area contributed by atoms with Gasteiger partial charge in [-0.3, -0.25) is 4.79 Å². The number of nitrogens with zero attached hydrogens (tertiary/aromatic N) is 5. The smallest absolute Gasteiger partial charge is 0.376 e. The van der Waals surface area contributed by atoms with Crippen LogP contribution < -0.4 is 4.90 Å². The lowest BCUT2D eigenvalue weighted by molar-refractivity contribution is -0.133. The Balaban J connectivity index is 1.51. The lowest BCUT2D eigenvalue weighted by Crippen LogP contribution is -2.53. The number of fused-ring (bicyclic) bond motifs is 1. The van der Waals surface area contributed by atoms with Crippen LogP contribution in [0, 0.1) is 0 Å². The van der Waals surface area contributed by atoms with Crippen molar-refractivity contribution < 1.29 is 14.9 Å². The van der Waals surface area contributed by atoms with Crippen molar-refractivity contribution >= 4 is 30.4 Å². The average Bonchev–Trinajstić information content (AvgIpc) is 3.13. The van der Waals surface area contributed by atoms with Crippen LogP contribution in [0.3, 0.4) is 0 Å². The molecule has 1 fully saturated rings. The van der Waals surface area contributed by atoms with Gasteiger partial charge in [0.25, 0.3) is 0 Å². The molecule has 3 atom stereocenters. The fraction of sp³-hybridized carbons (Fsp3) is 0.560. The maximum Gasteiger partial charge on any atom is 0.376 e. The monoisotopic (exact) mass is 499 g/mol. The van der Waals surface area contributed by atoms with Crippen molar-refractivity contribution in [2.75, 3.05) is 37.6 Å².